The van der Waals surface area contributed by atoms with Gasteiger partial charge in [-0.2, -0.15) is 13.2 Å². The van der Waals surface area contributed by atoms with Gasteiger partial charge in [0.25, 0.3) is 5.91 Å². The number of hydrogen-bond donors (Lipinski definition) is 1. The number of halogens is 5. The van der Waals surface area contributed by atoms with Crippen molar-refractivity contribution in [2.75, 3.05) is 6.54 Å². The van der Waals surface area contributed by atoms with Gasteiger partial charge in [-0.3, -0.25) is 4.79 Å². The second kappa shape index (κ2) is 7.06. The van der Waals surface area contributed by atoms with E-state index in [0.29, 0.717) is 18.2 Å². The Balaban J connectivity index is 2.82. The topological polar surface area (TPSA) is 29.1 Å². The predicted molar refractivity (Wildman–Crippen MR) is 71.4 cm³/mol. The molecular weight excluding hydrogens is 342 g/mol. The Kier molecular flexibility index (Phi) is 5.98. The third-order valence-corrected chi connectivity index (χ3v) is 3.41. The SMILES string of the molecule is CCCC(Br)CNC(=O)c1cc(C(F)(F)F)ccc1F. The Labute approximate surface area is 122 Å². The summed E-state index contributed by atoms with van der Waals surface area (Å²) in [5.74, 6) is -1.83. The summed E-state index contributed by atoms with van der Waals surface area (Å²) in [4.78, 5) is 11.7. The van der Waals surface area contributed by atoms with Crippen molar-refractivity contribution in [2.45, 2.75) is 30.8 Å². The molecule has 0 heterocycles. The largest absolute Gasteiger partial charge is 0.416 e. The molecule has 0 spiro atoms. The Morgan fingerprint density at radius 1 is 1.40 bits per heavy atom. The van der Waals surface area contributed by atoms with E-state index in [2.05, 4.69) is 21.2 Å². The van der Waals surface area contributed by atoms with Crippen molar-refractivity contribution < 1.29 is 22.4 Å². The quantitative estimate of drug-likeness (QED) is 0.624. The fraction of sp³-hybridized carbons (Fsp3) is 0.462. The van der Waals surface area contributed by atoms with E-state index in [-0.39, 0.29) is 11.4 Å². The molecule has 1 N–H and O–H groups in total. The molecule has 2 nitrogen and oxygen atoms in total. The summed E-state index contributed by atoms with van der Waals surface area (Å²) in [6, 6.07) is 1.78. The van der Waals surface area contributed by atoms with Crippen molar-refractivity contribution in [3.63, 3.8) is 0 Å². The summed E-state index contributed by atoms with van der Waals surface area (Å²) >= 11 is 3.32. The maximum atomic E-state index is 13.4. The normalized spacial score (nSPS) is 13.1. The first kappa shape index (κ1) is 16.9. The molecule has 7 heteroatoms. The van der Waals surface area contributed by atoms with Crippen LogP contribution >= 0.6 is 15.9 Å². The van der Waals surface area contributed by atoms with Gasteiger partial charge in [0.15, 0.2) is 0 Å². The predicted octanol–water partition coefficient (Wildman–Crippen LogP) is 4.14. The van der Waals surface area contributed by atoms with Gasteiger partial charge in [-0.25, -0.2) is 4.39 Å². The zero-order valence-corrected chi connectivity index (χ0v) is 12.3. The van der Waals surface area contributed by atoms with Gasteiger partial charge in [0.05, 0.1) is 11.1 Å². The van der Waals surface area contributed by atoms with Crippen LogP contribution in [-0.4, -0.2) is 17.3 Å². The third-order valence-electron chi connectivity index (χ3n) is 2.62. The number of nitrogens with one attached hydrogen (secondary N) is 1. The highest BCUT2D eigenvalue weighted by atomic mass is 79.9. The van der Waals surface area contributed by atoms with E-state index >= 15 is 0 Å². The smallest absolute Gasteiger partial charge is 0.351 e. The zero-order chi connectivity index (χ0) is 15.3. The molecule has 0 radical (unpaired) electrons. The molecule has 1 unspecified atom stereocenters. The molecule has 1 rings (SSSR count). The molecule has 0 saturated carbocycles. The second-order valence-corrected chi connectivity index (χ2v) is 5.58. The zero-order valence-electron chi connectivity index (χ0n) is 10.7. The second-order valence-electron chi connectivity index (χ2n) is 4.29. The number of alkyl halides is 4. The van der Waals surface area contributed by atoms with Crippen molar-refractivity contribution in [3.05, 3.63) is 35.1 Å². The molecule has 0 saturated heterocycles. The molecule has 1 atom stereocenters. The Hall–Kier alpha value is -1.11. The van der Waals surface area contributed by atoms with Crippen LogP contribution in [0.15, 0.2) is 18.2 Å². The first-order valence-corrected chi connectivity index (χ1v) is 6.96. The number of rotatable bonds is 5. The lowest BCUT2D eigenvalue weighted by atomic mass is 10.1. The highest BCUT2D eigenvalue weighted by molar-refractivity contribution is 9.09. The minimum atomic E-state index is -4.61. The molecule has 0 fully saturated rings. The molecule has 0 aliphatic heterocycles. The highest BCUT2D eigenvalue weighted by Crippen LogP contribution is 2.30. The van der Waals surface area contributed by atoms with E-state index in [1.807, 2.05) is 6.92 Å². The lowest BCUT2D eigenvalue weighted by molar-refractivity contribution is -0.137. The summed E-state index contributed by atoms with van der Waals surface area (Å²) in [6.45, 7) is 2.19. The van der Waals surface area contributed by atoms with Crippen LogP contribution in [-0.2, 0) is 6.18 Å². The van der Waals surface area contributed by atoms with Crippen molar-refractivity contribution in [3.8, 4) is 0 Å². The lowest BCUT2D eigenvalue weighted by Crippen LogP contribution is -2.30. The van der Waals surface area contributed by atoms with Crippen LogP contribution in [0.2, 0.25) is 0 Å². The van der Waals surface area contributed by atoms with Crippen LogP contribution in [0.4, 0.5) is 17.6 Å². The first-order chi connectivity index (χ1) is 9.25. The molecule has 0 aliphatic rings. The van der Waals surface area contributed by atoms with Gasteiger partial charge in [-0.1, -0.05) is 29.3 Å². The maximum absolute atomic E-state index is 13.4. The summed E-state index contributed by atoms with van der Waals surface area (Å²) in [5, 5.41) is 2.41. The van der Waals surface area contributed by atoms with Gasteiger partial charge in [0.2, 0.25) is 0 Å². The fourth-order valence-corrected chi connectivity index (χ4v) is 2.21. The Bertz CT molecular complexity index is 476. The molecule has 112 valence electrons. The molecule has 1 aromatic rings. The van der Waals surface area contributed by atoms with Gasteiger partial charge >= 0.3 is 6.18 Å². The summed E-state index contributed by atoms with van der Waals surface area (Å²) in [5.41, 5.74) is -1.65. The first-order valence-electron chi connectivity index (χ1n) is 6.04. The van der Waals surface area contributed by atoms with Crippen LogP contribution in [0, 0.1) is 5.82 Å². The Morgan fingerprint density at radius 2 is 2.05 bits per heavy atom. The number of amides is 1. The van der Waals surface area contributed by atoms with E-state index in [4.69, 9.17) is 0 Å². The average molecular weight is 356 g/mol. The third kappa shape index (κ3) is 4.77. The van der Waals surface area contributed by atoms with E-state index < -0.39 is 29.0 Å². The summed E-state index contributed by atoms with van der Waals surface area (Å²) in [7, 11) is 0. The van der Waals surface area contributed by atoms with Gasteiger partial charge in [0.1, 0.15) is 5.82 Å². The standard InChI is InChI=1S/C13H14BrF4NO/c1-2-3-9(14)7-19-12(20)10-6-8(13(16,17)18)4-5-11(10)15/h4-6,9H,2-3,7H2,1H3,(H,19,20). The molecule has 1 amide bonds. The van der Waals surface area contributed by atoms with E-state index in [0.717, 1.165) is 12.8 Å². The molecule has 20 heavy (non-hydrogen) atoms. The van der Waals surface area contributed by atoms with Crippen molar-refractivity contribution in [2.24, 2.45) is 0 Å². The van der Waals surface area contributed by atoms with Gasteiger partial charge < -0.3 is 5.32 Å². The lowest BCUT2D eigenvalue weighted by Gasteiger charge is -2.12. The number of hydrogen-bond acceptors (Lipinski definition) is 1. The van der Waals surface area contributed by atoms with Gasteiger partial charge in [0, 0.05) is 11.4 Å². The van der Waals surface area contributed by atoms with Gasteiger partial charge in [-0.05, 0) is 24.6 Å². The number of benzene rings is 1. The van der Waals surface area contributed by atoms with Crippen LogP contribution in [0.5, 0.6) is 0 Å². The van der Waals surface area contributed by atoms with E-state index in [9.17, 15) is 22.4 Å². The van der Waals surface area contributed by atoms with Gasteiger partial charge in [-0.15, -0.1) is 0 Å². The van der Waals surface area contributed by atoms with Crippen LogP contribution in [0.25, 0.3) is 0 Å². The minimum absolute atomic E-state index is 0.00492. The average Bonchev–Trinajstić information content (AvgIpc) is 2.35. The molecule has 0 aromatic heterocycles. The van der Waals surface area contributed by atoms with Crippen molar-refractivity contribution in [1.82, 2.24) is 5.32 Å². The maximum Gasteiger partial charge on any atom is 0.416 e. The monoisotopic (exact) mass is 355 g/mol. The highest BCUT2D eigenvalue weighted by Gasteiger charge is 2.31. The fourth-order valence-electron chi connectivity index (χ4n) is 1.59. The van der Waals surface area contributed by atoms with Crippen LogP contribution in [0.1, 0.15) is 35.7 Å². The molecule has 1 aromatic carbocycles. The van der Waals surface area contributed by atoms with Crippen molar-refractivity contribution in [1.29, 1.82) is 0 Å². The number of carbonyl (C=O) groups is 1. The summed E-state index contributed by atoms with van der Waals surface area (Å²) in [6.07, 6.45) is -2.92. The molecular formula is C13H14BrF4NO. The van der Waals surface area contributed by atoms with Crippen LogP contribution in [0.3, 0.4) is 0 Å². The number of carbonyl (C=O) groups excluding carboxylic acids is 1. The summed E-state index contributed by atoms with van der Waals surface area (Å²) < 4.78 is 51.0. The molecule has 0 bridgehead atoms. The molecule has 0 aliphatic carbocycles. The van der Waals surface area contributed by atoms with E-state index in [1.165, 1.54) is 0 Å². The van der Waals surface area contributed by atoms with E-state index in [1.54, 1.807) is 0 Å². The Morgan fingerprint density at radius 3 is 2.60 bits per heavy atom. The minimum Gasteiger partial charge on any atom is -0.351 e. The van der Waals surface area contributed by atoms with Crippen molar-refractivity contribution >= 4 is 21.8 Å². The van der Waals surface area contributed by atoms with Crippen LogP contribution < -0.4 is 5.32 Å².